The van der Waals surface area contributed by atoms with Crippen molar-refractivity contribution >= 4 is 0 Å². The van der Waals surface area contributed by atoms with Crippen LogP contribution in [0.4, 0.5) is 0 Å². The van der Waals surface area contributed by atoms with Gasteiger partial charge >= 0.3 is 0 Å². The minimum atomic E-state index is -0.655. The fourth-order valence-corrected chi connectivity index (χ4v) is 0.685. The summed E-state index contributed by atoms with van der Waals surface area (Å²) < 4.78 is 11.8. The van der Waals surface area contributed by atoms with Gasteiger partial charge in [0, 0.05) is 6.58 Å². The minimum Gasteiger partial charge on any atom is -0.394 e. The predicted molar refractivity (Wildman–Crippen MR) is 27.4 cm³/mol. The molecule has 0 aliphatic carbocycles. The molecule has 3 heteroatoms. The number of ether oxygens (including phenoxy) is 1. The quantitative estimate of drug-likeness (QED) is 0.473. The van der Waals surface area contributed by atoms with Crippen molar-refractivity contribution in [2.24, 2.45) is 0 Å². The summed E-state index contributed by atoms with van der Waals surface area (Å²) in [4.78, 5) is 0. The third-order valence-electron chi connectivity index (χ3n) is 1.22. The van der Waals surface area contributed by atoms with Crippen molar-refractivity contribution in [3.63, 3.8) is 0 Å². The van der Waals surface area contributed by atoms with Crippen molar-refractivity contribution in [2.75, 3.05) is 13.2 Å². The van der Waals surface area contributed by atoms with E-state index in [-0.39, 0.29) is 6.61 Å². The Labute approximate surface area is 49.3 Å². The molecular weight excluding hydrogens is 108 g/mol. The van der Waals surface area contributed by atoms with Gasteiger partial charge in [0.2, 0.25) is 0 Å². The van der Waals surface area contributed by atoms with Crippen LogP contribution in [0.1, 0.15) is 7.79 Å². The van der Waals surface area contributed by atoms with E-state index < -0.39 is 18.8 Å². The van der Waals surface area contributed by atoms with Gasteiger partial charge in [-0.3, -0.25) is 0 Å². The molecule has 1 aliphatic heterocycles. The number of aliphatic hydroxyl groups is 2. The zero-order chi connectivity index (χ0) is 6.85. The van der Waals surface area contributed by atoms with Crippen LogP contribution < -0.4 is 0 Å². The summed E-state index contributed by atoms with van der Waals surface area (Å²) >= 11 is 0. The maximum Gasteiger partial charge on any atom is 0.106 e. The van der Waals surface area contributed by atoms with E-state index in [2.05, 4.69) is 0 Å². The van der Waals surface area contributed by atoms with E-state index in [1.807, 2.05) is 0 Å². The molecule has 0 aromatic carbocycles. The average molecular weight is 120 g/mol. The largest absolute Gasteiger partial charge is 0.394 e. The molecule has 0 aromatic rings. The highest BCUT2D eigenvalue weighted by Gasteiger charge is 2.24. The molecule has 2 N–H and O–H groups in total. The van der Waals surface area contributed by atoms with Crippen LogP contribution in [0.5, 0.6) is 0 Å². The second-order valence-electron chi connectivity index (χ2n) is 1.83. The van der Waals surface area contributed by atoms with Crippen LogP contribution >= 0.6 is 0 Å². The molecule has 0 amide bonds. The van der Waals surface area contributed by atoms with Crippen LogP contribution in [-0.4, -0.2) is 35.6 Å². The van der Waals surface area contributed by atoms with Gasteiger partial charge in [-0.25, -0.2) is 0 Å². The molecule has 1 fully saturated rings. The lowest BCUT2D eigenvalue weighted by Gasteiger charge is -2.07. The fraction of sp³-hybridized carbons (Fsp3) is 1.00. The van der Waals surface area contributed by atoms with Crippen molar-refractivity contribution in [2.45, 2.75) is 18.6 Å². The van der Waals surface area contributed by atoms with E-state index in [0.717, 1.165) is 0 Å². The van der Waals surface area contributed by atoms with Gasteiger partial charge in [-0.05, 0) is 6.42 Å². The third-order valence-corrected chi connectivity index (χ3v) is 1.22. The molecule has 0 radical (unpaired) electrons. The Bertz CT molecular complexity index is 98.2. The maximum atomic E-state index is 8.95. The summed E-state index contributed by atoms with van der Waals surface area (Å²) in [5.41, 5.74) is 0. The van der Waals surface area contributed by atoms with Gasteiger partial charge in [-0.15, -0.1) is 0 Å². The van der Waals surface area contributed by atoms with Gasteiger partial charge in [0.1, 0.15) is 6.10 Å². The normalized spacial score (nSPS) is 49.2. The molecule has 1 aliphatic rings. The first-order valence-corrected chi connectivity index (χ1v) is 2.60. The molecule has 1 rings (SSSR count). The van der Waals surface area contributed by atoms with Gasteiger partial charge in [-0.2, -0.15) is 0 Å². The van der Waals surface area contributed by atoms with Crippen LogP contribution in [0.25, 0.3) is 0 Å². The Morgan fingerprint density at radius 1 is 1.88 bits per heavy atom. The lowest BCUT2D eigenvalue weighted by atomic mass is 10.2. The van der Waals surface area contributed by atoms with E-state index in [1.165, 1.54) is 0 Å². The van der Waals surface area contributed by atoms with Gasteiger partial charge in [0.15, 0.2) is 0 Å². The molecule has 1 saturated heterocycles. The third kappa shape index (κ3) is 0.992. The van der Waals surface area contributed by atoms with Crippen LogP contribution in [0.2, 0.25) is 0 Å². The molecule has 3 nitrogen and oxygen atoms in total. The van der Waals surface area contributed by atoms with Crippen LogP contribution in [0.3, 0.4) is 0 Å². The standard InChI is InChI=1S/C5H10O3/c6-3-5-4(7)1-2-8-5/h4-7H,1-3H2/t4?,5-/m1/s1/i2T/t2-,4?,5+/m0. The van der Waals surface area contributed by atoms with E-state index in [0.29, 0.717) is 6.42 Å². The SMILES string of the molecule is [3H][C@H]1CC(O)[C@@H](CO)O1. The number of rotatable bonds is 1. The molecule has 0 spiro atoms. The summed E-state index contributed by atoms with van der Waals surface area (Å²) in [6.07, 6.45) is -0.879. The maximum absolute atomic E-state index is 8.95. The smallest absolute Gasteiger partial charge is 0.106 e. The molecule has 1 unspecified atom stereocenters. The lowest BCUT2D eigenvalue weighted by Crippen LogP contribution is -2.24. The highest BCUT2D eigenvalue weighted by atomic mass is 16.5. The van der Waals surface area contributed by atoms with E-state index in [4.69, 9.17) is 16.3 Å². The highest BCUT2D eigenvalue weighted by molar-refractivity contribution is 4.73. The molecule has 8 heavy (non-hydrogen) atoms. The Morgan fingerprint density at radius 3 is 2.88 bits per heavy atom. The first-order valence-electron chi connectivity index (χ1n) is 3.18. The van der Waals surface area contributed by atoms with Crippen molar-refractivity contribution in [1.29, 1.82) is 0 Å². The highest BCUT2D eigenvalue weighted by Crippen LogP contribution is 2.11. The van der Waals surface area contributed by atoms with Crippen molar-refractivity contribution in [1.82, 2.24) is 0 Å². The zero-order valence-electron chi connectivity index (χ0n) is 5.45. The minimum absolute atomic E-state index is 0.198. The van der Waals surface area contributed by atoms with Crippen molar-refractivity contribution in [3.05, 3.63) is 0 Å². The van der Waals surface area contributed by atoms with Crippen LogP contribution in [-0.2, 0) is 4.74 Å². The monoisotopic (exact) mass is 120 g/mol. The molecule has 3 atom stereocenters. The predicted octanol–water partition coefficient (Wildman–Crippen LogP) is -0.871. The van der Waals surface area contributed by atoms with Gasteiger partial charge < -0.3 is 14.9 Å². The summed E-state index contributed by atoms with van der Waals surface area (Å²) in [6, 6.07) is 0. The Morgan fingerprint density at radius 2 is 2.62 bits per heavy atom. The molecule has 0 bridgehead atoms. The average Bonchev–Trinajstić information content (AvgIpc) is 2.10. The Hall–Kier alpha value is -0.120. The Balaban J connectivity index is 2.38. The van der Waals surface area contributed by atoms with Gasteiger partial charge in [0.25, 0.3) is 0 Å². The van der Waals surface area contributed by atoms with E-state index in [1.54, 1.807) is 0 Å². The second kappa shape index (κ2) is 2.44. The fourth-order valence-electron chi connectivity index (χ4n) is 0.685. The first kappa shape index (κ1) is 4.73. The second-order valence-corrected chi connectivity index (χ2v) is 1.83. The molecular formula is C5H10O3. The first-order chi connectivity index (χ1) is 4.24. The summed E-state index contributed by atoms with van der Waals surface area (Å²) in [7, 11) is 0. The summed E-state index contributed by atoms with van der Waals surface area (Å²) in [6.45, 7) is -0.853. The van der Waals surface area contributed by atoms with E-state index >= 15 is 0 Å². The zero-order valence-corrected chi connectivity index (χ0v) is 4.45. The lowest BCUT2D eigenvalue weighted by molar-refractivity contribution is 0.00406. The Kier molecular flexibility index (Phi) is 1.44. The van der Waals surface area contributed by atoms with Crippen molar-refractivity contribution < 1.29 is 16.3 Å². The van der Waals surface area contributed by atoms with Gasteiger partial charge in [0.05, 0.1) is 14.1 Å². The molecule has 0 saturated carbocycles. The number of hydrogen-bond donors (Lipinski definition) is 2. The van der Waals surface area contributed by atoms with E-state index in [9.17, 15) is 0 Å². The topological polar surface area (TPSA) is 49.7 Å². The molecule has 48 valence electrons. The van der Waals surface area contributed by atoms with Crippen LogP contribution in [0, 0.1) is 0 Å². The van der Waals surface area contributed by atoms with Crippen molar-refractivity contribution in [3.8, 4) is 0 Å². The number of aliphatic hydroxyl groups excluding tert-OH is 2. The number of hydrogen-bond acceptors (Lipinski definition) is 3. The molecule has 1 heterocycles. The molecule has 0 aromatic heterocycles. The van der Waals surface area contributed by atoms with Crippen LogP contribution in [0.15, 0.2) is 0 Å². The summed E-state index contributed by atoms with van der Waals surface area (Å²) in [5.74, 6) is 0. The van der Waals surface area contributed by atoms with Gasteiger partial charge in [-0.1, -0.05) is 0 Å². The summed E-state index contributed by atoms with van der Waals surface area (Å²) in [5, 5.41) is 17.4.